The topological polar surface area (TPSA) is 78.6 Å². The van der Waals surface area contributed by atoms with Crippen molar-refractivity contribution in [1.29, 1.82) is 0 Å². The molecule has 2 aromatic rings. The molecular formula is C11H9N3O2. The first-order valence-electron chi connectivity index (χ1n) is 4.59. The van der Waals surface area contributed by atoms with E-state index in [1.807, 2.05) is 0 Å². The molecule has 0 aliphatic heterocycles. The van der Waals surface area contributed by atoms with Crippen molar-refractivity contribution in [2.24, 2.45) is 5.16 Å². The first kappa shape index (κ1) is 10.1. The van der Waals surface area contributed by atoms with Crippen LogP contribution in [0.1, 0.15) is 5.56 Å². The summed E-state index contributed by atoms with van der Waals surface area (Å²) in [6.07, 6.45) is 4.36. The van der Waals surface area contributed by atoms with Crippen LogP contribution in [0.4, 0.5) is 0 Å². The highest BCUT2D eigenvalue weighted by molar-refractivity contribution is 5.91. The molecule has 1 heterocycles. The SMILES string of the molecule is ON=Cc1c(O)cccc1-c1ncccn1. The van der Waals surface area contributed by atoms with E-state index in [9.17, 15) is 5.11 Å². The maximum atomic E-state index is 9.63. The lowest BCUT2D eigenvalue weighted by Crippen LogP contribution is -1.93. The molecule has 2 rings (SSSR count). The molecule has 0 saturated heterocycles. The summed E-state index contributed by atoms with van der Waals surface area (Å²) in [6, 6.07) is 6.62. The molecule has 16 heavy (non-hydrogen) atoms. The van der Waals surface area contributed by atoms with Gasteiger partial charge in [0.25, 0.3) is 0 Å². The number of oxime groups is 1. The number of phenols is 1. The van der Waals surface area contributed by atoms with Gasteiger partial charge in [0, 0.05) is 23.5 Å². The fourth-order valence-electron chi connectivity index (χ4n) is 1.38. The van der Waals surface area contributed by atoms with Crippen molar-refractivity contribution in [3.8, 4) is 17.1 Å². The van der Waals surface area contributed by atoms with Crippen LogP contribution in [0.5, 0.6) is 5.75 Å². The average molecular weight is 215 g/mol. The van der Waals surface area contributed by atoms with E-state index < -0.39 is 0 Å². The van der Waals surface area contributed by atoms with Gasteiger partial charge in [-0.25, -0.2) is 9.97 Å². The second kappa shape index (κ2) is 4.39. The summed E-state index contributed by atoms with van der Waals surface area (Å²) in [5, 5.41) is 21.1. The zero-order chi connectivity index (χ0) is 11.4. The molecule has 1 aromatic heterocycles. The van der Waals surface area contributed by atoms with E-state index in [-0.39, 0.29) is 5.75 Å². The molecule has 0 spiro atoms. The van der Waals surface area contributed by atoms with E-state index in [4.69, 9.17) is 5.21 Å². The van der Waals surface area contributed by atoms with E-state index in [0.29, 0.717) is 17.0 Å². The Labute approximate surface area is 91.7 Å². The minimum atomic E-state index is 0.0164. The summed E-state index contributed by atoms with van der Waals surface area (Å²) in [7, 11) is 0. The molecule has 5 nitrogen and oxygen atoms in total. The van der Waals surface area contributed by atoms with Crippen LogP contribution in [0, 0.1) is 0 Å². The molecule has 1 aromatic carbocycles. The lowest BCUT2D eigenvalue weighted by atomic mass is 10.1. The van der Waals surface area contributed by atoms with Gasteiger partial charge in [0.05, 0.1) is 6.21 Å². The summed E-state index contributed by atoms with van der Waals surface area (Å²) >= 11 is 0. The number of hydrogen-bond donors (Lipinski definition) is 2. The third-order valence-electron chi connectivity index (χ3n) is 2.08. The molecule has 80 valence electrons. The molecule has 0 saturated carbocycles. The van der Waals surface area contributed by atoms with Crippen LogP contribution >= 0.6 is 0 Å². The van der Waals surface area contributed by atoms with Gasteiger partial charge in [-0.15, -0.1) is 0 Å². The van der Waals surface area contributed by atoms with E-state index in [0.717, 1.165) is 6.21 Å². The van der Waals surface area contributed by atoms with E-state index >= 15 is 0 Å². The molecule has 0 aliphatic rings. The van der Waals surface area contributed by atoms with Crippen molar-refractivity contribution in [2.75, 3.05) is 0 Å². The summed E-state index contributed by atoms with van der Waals surface area (Å²) < 4.78 is 0. The number of benzene rings is 1. The highest BCUT2D eigenvalue weighted by Crippen LogP contribution is 2.25. The monoisotopic (exact) mass is 215 g/mol. The van der Waals surface area contributed by atoms with Gasteiger partial charge >= 0.3 is 0 Å². The molecule has 0 fully saturated rings. The molecular weight excluding hydrogens is 206 g/mol. The molecule has 2 N–H and O–H groups in total. The minimum absolute atomic E-state index is 0.0164. The summed E-state index contributed by atoms with van der Waals surface area (Å²) in [6.45, 7) is 0. The standard InChI is InChI=1S/C11H9N3O2/c15-10-4-1-3-8(9(10)7-14-16)11-12-5-2-6-13-11/h1-7,15-16H. The van der Waals surface area contributed by atoms with Gasteiger partial charge in [-0.05, 0) is 12.1 Å². The molecule has 0 amide bonds. The predicted octanol–water partition coefficient (Wildman–Crippen LogP) is 1.66. The van der Waals surface area contributed by atoms with Crippen LogP contribution < -0.4 is 0 Å². The third-order valence-corrected chi connectivity index (χ3v) is 2.08. The predicted molar refractivity (Wildman–Crippen MR) is 58.5 cm³/mol. The smallest absolute Gasteiger partial charge is 0.159 e. The Morgan fingerprint density at radius 3 is 2.56 bits per heavy atom. The van der Waals surface area contributed by atoms with Crippen molar-refractivity contribution in [2.45, 2.75) is 0 Å². The Kier molecular flexibility index (Phi) is 2.77. The maximum Gasteiger partial charge on any atom is 0.159 e. The zero-order valence-electron chi connectivity index (χ0n) is 8.28. The molecule has 0 unspecified atom stereocenters. The summed E-state index contributed by atoms with van der Waals surface area (Å²) in [5.41, 5.74) is 0.995. The maximum absolute atomic E-state index is 9.63. The number of phenolic OH excluding ortho intramolecular Hbond substituents is 1. The second-order valence-electron chi connectivity index (χ2n) is 3.06. The summed E-state index contributed by atoms with van der Waals surface area (Å²) in [5.74, 6) is 0.482. The number of nitrogens with zero attached hydrogens (tertiary/aromatic N) is 3. The van der Waals surface area contributed by atoms with Crippen molar-refractivity contribution >= 4 is 6.21 Å². The van der Waals surface area contributed by atoms with Crippen LogP contribution in [0.2, 0.25) is 0 Å². The fraction of sp³-hybridized carbons (Fsp3) is 0. The first-order chi connectivity index (χ1) is 7.83. The number of rotatable bonds is 2. The third kappa shape index (κ3) is 1.83. The van der Waals surface area contributed by atoms with Gasteiger partial charge in [0.1, 0.15) is 5.75 Å². The lowest BCUT2D eigenvalue weighted by Gasteiger charge is -2.05. The highest BCUT2D eigenvalue weighted by atomic mass is 16.4. The van der Waals surface area contributed by atoms with Gasteiger partial charge < -0.3 is 10.3 Å². The van der Waals surface area contributed by atoms with E-state index in [1.54, 1.807) is 30.6 Å². The van der Waals surface area contributed by atoms with Crippen LogP contribution in [0.25, 0.3) is 11.4 Å². The van der Waals surface area contributed by atoms with Crippen molar-refractivity contribution in [3.05, 3.63) is 42.2 Å². The van der Waals surface area contributed by atoms with Crippen LogP contribution in [0.15, 0.2) is 41.8 Å². The quantitative estimate of drug-likeness (QED) is 0.453. The molecule has 0 bridgehead atoms. The fourth-order valence-corrected chi connectivity index (χ4v) is 1.38. The van der Waals surface area contributed by atoms with Gasteiger partial charge in [-0.2, -0.15) is 0 Å². The first-order valence-corrected chi connectivity index (χ1v) is 4.59. The van der Waals surface area contributed by atoms with Gasteiger partial charge in [-0.3, -0.25) is 0 Å². The van der Waals surface area contributed by atoms with Crippen molar-refractivity contribution < 1.29 is 10.3 Å². The Bertz CT molecular complexity index is 512. The normalized spacial score (nSPS) is 10.8. The minimum Gasteiger partial charge on any atom is -0.507 e. The molecule has 5 heteroatoms. The Hall–Kier alpha value is -2.43. The zero-order valence-corrected chi connectivity index (χ0v) is 8.28. The van der Waals surface area contributed by atoms with E-state index in [1.165, 1.54) is 6.07 Å². The number of aromatic nitrogens is 2. The van der Waals surface area contributed by atoms with Gasteiger partial charge in [0.15, 0.2) is 5.82 Å². The lowest BCUT2D eigenvalue weighted by molar-refractivity contribution is 0.321. The van der Waals surface area contributed by atoms with E-state index in [2.05, 4.69) is 15.1 Å². The Balaban J connectivity index is 2.61. The number of aromatic hydroxyl groups is 1. The second-order valence-corrected chi connectivity index (χ2v) is 3.06. The van der Waals surface area contributed by atoms with Crippen molar-refractivity contribution in [1.82, 2.24) is 9.97 Å². The molecule has 0 aliphatic carbocycles. The summed E-state index contributed by atoms with van der Waals surface area (Å²) in [4.78, 5) is 8.13. The van der Waals surface area contributed by atoms with Gasteiger partial charge in [-0.1, -0.05) is 17.3 Å². The highest BCUT2D eigenvalue weighted by Gasteiger charge is 2.09. The Morgan fingerprint density at radius 1 is 1.12 bits per heavy atom. The van der Waals surface area contributed by atoms with Gasteiger partial charge in [0.2, 0.25) is 0 Å². The van der Waals surface area contributed by atoms with Crippen LogP contribution in [-0.2, 0) is 0 Å². The average Bonchev–Trinajstić information content (AvgIpc) is 2.33. The Morgan fingerprint density at radius 2 is 1.88 bits per heavy atom. The molecule has 0 atom stereocenters. The number of hydrogen-bond acceptors (Lipinski definition) is 5. The molecule has 0 radical (unpaired) electrons. The van der Waals surface area contributed by atoms with Crippen molar-refractivity contribution in [3.63, 3.8) is 0 Å². The van der Waals surface area contributed by atoms with Crippen LogP contribution in [-0.4, -0.2) is 26.5 Å². The van der Waals surface area contributed by atoms with Crippen LogP contribution in [0.3, 0.4) is 0 Å². The largest absolute Gasteiger partial charge is 0.507 e.